The van der Waals surface area contributed by atoms with Crippen LogP contribution in [0, 0.1) is 0 Å². The first-order chi connectivity index (χ1) is 23.1. The van der Waals surface area contributed by atoms with Gasteiger partial charge in [0.2, 0.25) is 11.7 Å². The van der Waals surface area contributed by atoms with Gasteiger partial charge in [0.1, 0.15) is 48.4 Å². The van der Waals surface area contributed by atoms with Crippen molar-refractivity contribution >= 4 is 37.3 Å². The minimum absolute atomic E-state index is 0.153. The molecule has 22 nitrogen and oxygen atoms in total. The number of aliphatic carboxylic acids is 1. The van der Waals surface area contributed by atoms with Crippen LogP contribution < -0.4 is 26.7 Å². The average Bonchev–Trinajstić information content (AvgIpc) is 3.32. The number of hydrogen-bond donors (Lipinski definition) is 8. The molecule has 3 rings (SSSR count). The number of nitrogens with zero attached hydrogens (tertiary/aromatic N) is 2. The number of thioether (sulfide) groups is 1. The molecule has 24 heteroatoms. The number of aromatic nitrogens is 2. The van der Waals surface area contributed by atoms with Crippen molar-refractivity contribution in [2.45, 2.75) is 67.2 Å². The Balaban J connectivity index is 1.71. The minimum Gasteiger partial charge on any atom is -0.756 e. The molecule has 9 N–H and O–H groups in total. The first-order valence-corrected chi connectivity index (χ1v) is 17.2. The van der Waals surface area contributed by atoms with E-state index in [0.29, 0.717) is 19.0 Å². The van der Waals surface area contributed by atoms with E-state index < -0.39 is 106 Å². The van der Waals surface area contributed by atoms with Crippen LogP contribution in [-0.2, 0) is 42.1 Å². The maximum atomic E-state index is 12.9. The summed E-state index contributed by atoms with van der Waals surface area (Å²) >= 11 is 1.11. The molecule has 4 unspecified atom stereocenters. The topological polar surface area (TPSA) is 347 Å². The molecule has 0 bridgehead atoms. The maximum absolute atomic E-state index is 12.9. The fourth-order valence-electron chi connectivity index (χ4n) is 4.82. The molecular weight excluding hydrogens is 707 g/mol. The summed E-state index contributed by atoms with van der Waals surface area (Å²) in [5.74, 6) is -6.54. The molecule has 2 fully saturated rings. The number of phosphoric ester groups is 1. The largest absolute Gasteiger partial charge is 0.756 e. The van der Waals surface area contributed by atoms with Gasteiger partial charge in [-0.05, 0) is 6.07 Å². The summed E-state index contributed by atoms with van der Waals surface area (Å²) in [7, 11) is -4.36. The Labute approximate surface area is 282 Å². The summed E-state index contributed by atoms with van der Waals surface area (Å²) in [4.78, 5) is 53.4. The van der Waals surface area contributed by atoms with Gasteiger partial charge in [-0.2, -0.15) is 4.98 Å². The second-order valence-electron chi connectivity index (χ2n) is 10.8. The molecule has 2 saturated heterocycles. The number of phosphoric acid groups is 1. The van der Waals surface area contributed by atoms with Crippen LogP contribution in [0.5, 0.6) is 0 Å². The molecule has 1 aromatic heterocycles. The molecule has 11 atom stereocenters. The van der Waals surface area contributed by atoms with Gasteiger partial charge in [-0.1, -0.05) is 0 Å². The number of carbonyl (C=O) groups excluding carboxylic acids is 2. The van der Waals surface area contributed by atoms with E-state index in [2.05, 4.69) is 14.8 Å². The second kappa shape index (κ2) is 18.3. The molecule has 49 heavy (non-hydrogen) atoms. The lowest BCUT2D eigenvalue weighted by Gasteiger charge is -2.50. The number of aliphatic hydroxyl groups is 6. The van der Waals surface area contributed by atoms with E-state index >= 15 is 0 Å². The van der Waals surface area contributed by atoms with Crippen molar-refractivity contribution in [1.29, 1.82) is 0 Å². The van der Waals surface area contributed by atoms with E-state index in [0.717, 1.165) is 22.5 Å². The monoisotopic (exact) mass is 746 g/mol. The third-order valence-electron chi connectivity index (χ3n) is 7.29. The number of carboxylic acids is 1. The Bertz CT molecular complexity index is 1360. The van der Waals surface area contributed by atoms with E-state index in [1.165, 1.54) is 13.2 Å². The number of hydrogen-bond acceptors (Lipinski definition) is 21. The molecule has 3 heterocycles. The number of carbonyl (C=O) groups is 2. The summed E-state index contributed by atoms with van der Waals surface area (Å²) in [5, 5.41) is 76.3. The highest BCUT2D eigenvalue weighted by molar-refractivity contribution is 7.99. The van der Waals surface area contributed by atoms with Crippen molar-refractivity contribution in [2.24, 2.45) is 0 Å². The molecule has 0 aromatic carbocycles. The molecule has 1 aromatic rings. The lowest BCUT2D eigenvalue weighted by atomic mass is 9.88. The van der Waals surface area contributed by atoms with Crippen LogP contribution in [0.25, 0.3) is 0 Å². The summed E-state index contributed by atoms with van der Waals surface area (Å²) in [6, 6.07) is -0.483. The summed E-state index contributed by atoms with van der Waals surface area (Å²) < 4.78 is 43.8. The van der Waals surface area contributed by atoms with Crippen LogP contribution in [0.4, 0.5) is 5.82 Å². The van der Waals surface area contributed by atoms with Gasteiger partial charge in [-0.25, -0.2) is 4.79 Å². The van der Waals surface area contributed by atoms with Crippen molar-refractivity contribution in [1.82, 2.24) is 14.9 Å². The van der Waals surface area contributed by atoms with Gasteiger partial charge in [0.15, 0.2) is 6.23 Å². The molecule has 2 aliphatic heterocycles. The zero-order valence-electron chi connectivity index (χ0n) is 25.9. The normalized spacial score (nSPS) is 31.1. The number of nitrogens with one attached hydrogen (secondary N) is 1. The third kappa shape index (κ3) is 10.8. The van der Waals surface area contributed by atoms with Crippen LogP contribution in [0.15, 0.2) is 17.1 Å². The number of anilines is 1. The zero-order valence-corrected chi connectivity index (χ0v) is 27.6. The van der Waals surface area contributed by atoms with E-state index in [9.17, 15) is 59.6 Å². The first kappa shape index (κ1) is 41.1. The Kier molecular flexibility index (Phi) is 15.3. The molecule has 280 valence electrons. The molecule has 1 amide bonds. The minimum atomic E-state index is -5.86. The van der Waals surface area contributed by atoms with Crippen molar-refractivity contribution in [3.63, 3.8) is 0 Å². The first-order valence-electron chi connectivity index (χ1n) is 14.6. The highest BCUT2D eigenvalue weighted by Gasteiger charge is 2.54. The van der Waals surface area contributed by atoms with Gasteiger partial charge in [-0.15, -0.1) is 11.8 Å². The zero-order chi connectivity index (χ0) is 36.5. The SMILES string of the molecule is COCCOCCSCC(=O)N[C@H]1C([C@H](O)[C@H](O)CO)O[C@](OP(=O)([O-])OCC2OC(n3ccc(N)nc3=O)[C@H](O)[C@@H]2O)(C(=O)[O-])C[C@@H]1O. The van der Waals surface area contributed by atoms with Crippen LogP contribution in [-0.4, -0.2) is 158 Å². The van der Waals surface area contributed by atoms with Crippen LogP contribution >= 0.6 is 19.6 Å². The maximum Gasteiger partial charge on any atom is 0.351 e. The van der Waals surface area contributed by atoms with Gasteiger partial charge in [0.05, 0.1) is 50.9 Å². The van der Waals surface area contributed by atoms with E-state index in [-0.39, 0.29) is 18.2 Å². The summed E-state index contributed by atoms with van der Waals surface area (Å²) in [6.07, 6.45) is -15.4. The number of amides is 1. The third-order valence-corrected chi connectivity index (χ3v) is 9.19. The van der Waals surface area contributed by atoms with Crippen LogP contribution in [0.3, 0.4) is 0 Å². The van der Waals surface area contributed by atoms with E-state index in [1.807, 2.05) is 0 Å². The Hall–Kier alpha value is -2.32. The fraction of sp³-hybridized carbons (Fsp3) is 0.760. The number of methoxy groups -OCH3 is 1. The number of nitrogen functional groups attached to an aromatic ring is 1. The fourth-order valence-corrected chi connectivity index (χ4v) is 6.40. The average molecular weight is 747 g/mol. The highest BCUT2D eigenvalue weighted by atomic mass is 32.2. The molecule has 0 spiro atoms. The van der Waals surface area contributed by atoms with Gasteiger partial charge < -0.3 is 80.0 Å². The van der Waals surface area contributed by atoms with Gasteiger partial charge in [0, 0.05) is 25.5 Å². The number of rotatable bonds is 19. The lowest BCUT2D eigenvalue weighted by molar-refractivity contribution is -0.377. The number of carboxylic acid groups (broad SMARTS) is 1. The van der Waals surface area contributed by atoms with Crippen molar-refractivity contribution < 1.29 is 82.8 Å². The Morgan fingerprint density at radius 2 is 1.98 bits per heavy atom. The predicted molar refractivity (Wildman–Crippen MR) is 158 cm³/mol. The van der Waals surface area contributed by atoms with E-state index in [1.54, 1.807) is 0 Å². The van der Waals surface area contributed by atoms with Crippen molar-refractivity contribution in [3.8, 4) is 0 Å². The van der Waals surface area contributed by atoms with Crippen LogP contribution in [0.2, 0.25) is 0 Å². The molecule has 0 saturated carbocycles. The predicted octanol–water partition coefficient (Wildman–Crippen LogP) is -6.86. The van der Waals surface area contributed by atoms with Gasteiger partial charge >= 0.3 is 5.69 Å². The number of aliphatic hydroxyl groups excluding tert-OH is 6. The summed E-state index contributed by atoms with van der Waals surface area (Å²) in [6.45, 7) is -1.24. The van der Waals surface area contributed by atoms with Gasteiger partial charge in [0.25, 0.3) is 7.82 Å². The molecule has 0 aliphatic carbocycles. The summed E-state index contributed by atoms with van der Waals surface area (Å²) in [5.41, 5.74) is 4.46. The second-order valence-corrected chi connectivity index (χ2v) is 13.2. The Morgan fingerprint density at radius 3 is 2.61 bits per heavy atom. The quantitative estimate of drug-likeness (QED) is 0.0481. The highest BCUT2D eigenvalue weighted by Crippen LogP contribution is 2.48. The van der Waals surface area contributed by atoms with E-state index in [4.69, 9.17) is 29.2 Å². The lowest BCUT2D eigenvalue weighted by Crippen LogP contribution is -2.69. The number of nitrogens with two attached hydrogens (primary N) is 1. The molecule has 2 aliphatic rings. The molecular formula is C25H39N4O18PS-2. The van der Waals surface area contributed by atoms with Crippen molar-refractivity contribution in [3.05, 3.63) is 22.7 Å². The number of ether oxygens (including phenoxy) is 4. The molecule has 0 radical (unpaired) electrons. The Morgan fingerprint density at radius 1 is 1.27 bits per heavy atom. The standard InChI is InChI=1S/C25H41N4O18PS/c1-42-4-5-43-6-7-49-11-16(33)28-17-12(31)8-25(23(37)38,46-21(17)18(34)13(32)9-30)47-48(40,41)44-10-14-19(35)20(36)22(45-14)29-3-2-15(26)27-24(29)39/h2-3,12-14,17-22,30-32,34-36H,4-11H2,1H3,(H,28,33)(H,37,38)(H,40,41)(H2,26,27,39)/p-2/t12-,13+,14?,17+,18+,19+,20+,21?,22?,25+/m0/s1. The van der Waals surface area contributed by atoms with Crippen LogP contribution in [0.1, 0.15) is 12.6 Å². The van der Waals surface area contributed by atoms with Gasteiger partial charge in [-0.3, -0.25) is 18.5 Å². The smallest absolute Gasteiger partial charge is 0.351 e. The van der Waals surface area contributed by atoms with Crippen molar-refractivity contribution in [2.75, 3.05) is 57.4 Å².